The number of nitrogens with zero attached hydrogens (tertiary/aromatic N) is 2. The van der Waals surface area contributed by atoms with Crippen molar-refractivity contribution in [2.45, 2.75) is 6.54 Å². The van der Waals surface area contributed by atoms with E-state index in [0.29, 0.717) is 17.8 Å². The third-order valence-corrected chi connectivity index (χ3v) is 4.15. The molecule has 0 aliphatic rings. The quantitative estimate of drug-likeness (QED) is 0.592. The van der Waals surface area contributed by atoms with Gasteiger partial charge in [0.15, 0.2) is 0 Å². The fraction of sp³-hybridized carbons (Fsp3) is 0.0500. The summed E-state index contributed by atoms with van der Waals surface area (Å²) in [6.45, 7) is 0.426. The average molecular weight is 346 g/mol. The van der Waals surface area contributed by atoms with E-state index >= 15 is 0 Å². The first-order valence-electron chi connectivity index (χ1n) is 8.12. The van der Waals surface area contributed by atoms with Gasteiger partial charge in [-0.2, -0.15) is 5.10 Å². The normalized spacial score (nSPS) is 10.8. The van der Waals surface area contributed by atoms with Crippen molar-refractivity contribution in [3.8, 4) is 11.3 Å². The number of fused-ring (bicyclic) bond motifs is 1. The Bertz CT molecular complexity index is 1060. The van der Waals surface area contributed by atoms with E-state index in [2.05, 4.69) is 20.5 Å². The summed E-state index contributed by atoms with van der Waals surface area (Å²) in [5, 5.41) is 11.0. The molecule has 4 rings (SSSR count). The van der Waals surface area contributed by atoms with Crippen LogP contribution in [0.2, 0.25) is 0 Å². The maximum atomic E-state index is 13.2. The molecule has 6 heteroatoms. The molecule has 2 aromatic heterocycles. The summed E-state index contributed by atoms with van der Waals surface area (Å²) >= 11 is 0. The zero-order valence-electron chi connectivity index (χ0n) is 13.7. The number of hydrogen-bond acceptors (Lipinski definition) is 3. The number of hydrogen-bond donors (Lipinski definition) is 2. The third-order valence-electron chi connectivity index (χ3n) is 4.15. The van der Waals surface area contributed by atoms with E-state index < -0.39 is 0 Å². The lowest BCUT2D eigenvalue weighted by molar-refractivity contribution is 0.0951. The van der Waals surface area contributed by atoms with Crippen LogP contribution in [0.25, 0.3) is 22.2 Å². The molecule has 2 heterocycles. The molecular weight excluding hydrogens is 331 g/mol. The molecule has 2 N–H and O–H groups in total. The van der Waals surface area contributed by atoms with Crippen LogP contribution in [0.1, 0.15) is 15.9 Å². The Morgan fingerprint density at radius 2 is 1.81 bits per heavy atom. The van der Waals surface area contributed by atoms with E-state index in [1.807, 2.05) is 18.2 Å². The van der Waals surface area contributed by atoms with Gasteiger partial charge in [0.1, 0.15) is 5.82 Å². The number of benzene rings is 2. The minimum Gasteiger partial charge on any atom is -0.348 e. The van der Waals surface area contributed by atoms with Crippen LogP contribution in [0.3, 0.4) is 0 Å². The van der Waals surface area contributed by atoms with Crippen LogP contribution in [0.5, 0.6) is 0 Å². The van der Waals surface area contributed by atoms with Gasteiger partial charge in [-0.3, -0.25) is 14.9 Å². The van der Waals surface area contributed by atoms with Crippen molar-refractivity contribution in [2.75, 3.05) is 0 Å². The summed E-state index contributed by atoms with van der Waals surface area (Å²) in [5.41, 5.74) is 3.80. The number of halogens is 1. The van der Waals surface area contributed by atoms with Crippen molar-refractivity contribution >= 4 is 16.8 Å². The van der Waals surface area contributed by atoms with Gasteiger partial charge in [0.05, 0.1) is 11.2 Å². The molecule has 0 fully saturated rings. The molecule has 26 heavy (non-hydrogen) atoms. The molecule has 0 spiro atoms. The van der Waals surface area contributed by atoms with Crippen molar-refractivity contribution in [1.29, 1.82) is 0 Å². The van der Waals surface area contributed by atoms with Crippen LogP contribution in [0.4, 0.5) is 4.39 Å². The number of aromatic amines is 1. The molecule has 0 atom stereocenters. The largest absolute Gasteiger partial charge is 0.348 e. The van der Waals surface area contributed by atoms with Gasteiger partial charge in [0.2, 0.25) is 0 Å². The predicted octanol–water partition coefficient (Wildman–Crippen LogP) is 3.69. The zero-order chi connectivity index (χ0) is 17.9. The second kappa shape index (κ2) is 6.76. The molecule has 5 nitrogen and oxygen atoms in total. The van der Waals surface area contributed by atoms with Crippen molar-refractivity contribution in [1.82, 2.24) is 20.5 Å². The average Bonchev–Trinajstić information content (AvgIpc) is 3.11. The maximum Gasteiger partial charge on any atom is 0.251 e. The monoisotopic (exact) mass is 346 g/mol. The number of H-pyrrole nitrogens is 1. The van der Waals surface area contributed by atoms with Gasteiger partial charge in [-0.15, -0.1) is 0 Å². The Morgan fingerprint density at radius 1 is 1.04 bits per heavy atom. The van der Waals surface area contributed by atoms with Crippen LogP contribution >= 0.6 is 0 Å². The van der Waals surface area contributed by atoms with E-state index in [4.69, 9.17) is 0 Å². The summed E-state index contributed by atoms with van der Waals surface area (Å²) < 4.78 is 13.2. The highest BCUT2D eigenvalue weighted by Gasteiger charge is 2.12. The highest BCUT2D eigenvalue weighted by Crippen LogP contribution is 2.27. The molecule has 0 aliphatic heterocycles. The van der Waals surface area contributed by atoms with Gasteiger partial charge in [-0.25, -0.2) is 4.39 Å². The molecule has 0 unspecified atom stereocenters. The van der Waals surface area contributed by atoms with E-state index in [9.17, 15) is 9.18 Å². The second-order valence-corrected chi connectivity index (χ2v) is 5.88. The Hall–Kier alpha value is -3.54. The van der Waals surface area contributed by atoms with Crippen LogP contribution < -0.4 is 5.32 Å². The maximum absolute atomic E-state index is 13.2. The lowest BCUT2D eigenvalue weighted by atomic mass is 10.1. The van der Waals surface area contributed by atoms with Crippen molar-refractivity contribution in [3.63, 3.8) is 0 Å². The first kappa shape index (κ1) is 16.0. The SMILES string of the molecule is O=C(NCc1ccncc1)c1ccc2[nH]nc(-c3ccc(F)cc3)c2c1. The first-order valence-corrected chi connectivity index (χ1v) is 8.12. The van der Waals surface area contributed by atoms with Crippen molar-refractivity contribution in [2.24, 2.45) is 0 Å². The molecule has 1 amide bonds. The number of rotatable bonds is 4. The van der Waals surface area contributed by atoms with E-state index in [1.54, 1.807) is 36.7 Å². The first-order chi connectivity index (χ1) is 12.7. The van der Waals surface area contributed by atoms with E-state index in [-0.39, 0.29) is 11.7 Å². The van der Waals surface area contributed by atoms with Gasteiger partial charge < -0.3 is 5.32 Å². The lowest BCUT2D eigenvalue weighted by Gasteiger charge is -2.06. The second-order valence-electron chi connectivity index (χ2n) is 5.88. The molecular formula is C20H15FN4O. The number of carbonyl (C=O) groups excluding carboxylic acids is 1. The Balaban J connectivity index is 1.61. The Kier molecular flexibility index (Phi) is 4.15. The van der Waals surface area contributed by atoms with Crippen LogP contribution in [-0.4, -0.2) is 21.1 Å². The summed E-state index contributed by atoms with van der Waals surface area (Å²) in [6.07, 6.45) is 3.38. The Morgan fingerprint density at radius 3 is 2.58 bits per heavy atom. The van der Waals surface area contributed by atoms with Crippen LogP contribution in [0, 0.1) is 5.82 Å². The predicted molar refractivity (Wildman–Crippen MR) is 96.9 cm³/mol. The smallest absolute Gasteiger partial charge is 0.251 e. The lowest BCUT2D eigenvalue weighted by Crippen LogP contribution is -2.22. The molecule has 128 valence electrons. The third kappa shape index (κ3) is 3.17. The highest BCUT2D eigenvalue weighted by molar-refractivity contribution is 6.01. The summed E-state index contributed by atoms with van der Waals surface area (Å²) in [5.74, 6) is -0.472. The summed E-state index contributed by atoms with van der Waals surface area (Å²) in [7, 11) is 0. The molecule has 0 bridgehead atoms. The topological polar surface area (TPSA) is 70.7 Å². The molecule has 4 aromatic rings. The number of amides is 1. The minimum absolute atomic E-state index is 0.171. The fourth-order valence-corrected chi connectivity index (χ4v) is 2.77. The van der Waals surface area contributed by atoms with Crippen molar-refractivity contribution < 1.29 is 9.18 Å². The molecule has 2 aromatic carbocycles. The highest BCUT2D eigenvalue weighted by atomic mass is 19.1. The number of carbonyl (C=O) groups is 1. The van der Waals surface area contributed by atoms with Gasteiger partial charge >= 0.3 is 0 Å². The van der Waals surface area contributed by atoms with E-state index in [1.165, 1.54) is 12.1 Å². The van der Waals surface area contributed by atoms with Crippen LogP contribution in [-0.2, 0) is 6.54 Å². The van der Waals surface area contributed by atoms with Gasteiger partial charge in [-0.05, 0) is 60.2 Å². The number of nitrogens with one attached hydrogen (secondary N) is 2. The standard InChI is InChI=1S/C20H15FN4O/c21-16-4-1-14(2-5-16)19-17-11-15(3-6-18(17)24-25-19)20(26)23-12-13-7-9-22-10-8-13/h1-11H,12H2,(H,23,26)(H,24,25). The van der Waals surface area contributed by atoms with E-state index in [0.717, 1.165) is 22.0 Å². The molecule has 0 saturated carbocycles. The summed E-state index contributed by atoms with van der Waals surface area (Å²) in [4.78, 5) is 16.4. The van der Waals surface area contributed by atoms with Crippen molar-refractivity contribution in [3.05, 3.63) is 83.9 Å². The summed E-state index contributed by atoms with van der Waals surface area (Å²) in [6, 6.07) is 15.2. The minimum atomic E-state index is -0.301. The molecule has 0 aliphatic carbocycles. The van der Waals surface area contributed by atoms with Gasteiger partial charge in [0, 0.05) is 35.5 Å². The fourth-order valence-electron chi connectivity index (χ4n) is 2.77. The van der Waals surface area contributed by atoms with Gasteiger partial charge in [-0.1, -0.05) is 0 Å². The van der Waals surface area contributed by atoms with Gasteiger partial charge in [0.25, 0.3) is 5.91 Å². The van der Waals surface area contributed by atoms with Crippen LogP contribution in [0.15, 0.2) is 67.0 Å². The molecule has 0 radical (unpaired) electrons. The number of aromatic nitrogens is 3. The molecule has 0 saturated heterocycles. The zero-order valence-corrected chi connectivity index (χ0v) is 13.7. The number of pyridine rings is 1. The Labute approximate surface area is 148 Å².